The van der Waals surface area contributed by atoms with E-state index >= 15 is 0 Å². The topological polar surface area (TPSA) is 69.0 Å². The van der Waals surface area contributed by atoms with Gasteiger partial charge in [-0.25, -0.2) is 0 Å². The van der Waals surface area contributed by atoms with E-state index in [0.717, 1.165) is 36.0 Å². The number of pyridine rings is 1. The molecule has 1 aromatic carbocycles. The summed E-state index contributed by atoms with van der Waals surface area (Å²) in [7, 11) is 1.46. The fourth-order valence-corrected chi connectivity index (χ4v) is 3.78. The van der Waals surface area contributed by atoms with Crippen LogP contribution >= 0.6 is 0 Å². The van der Waals surface area contributed by atoms with Crippen LogP contribution in [0.25, 0.3) is 10.9 Å². The number of rotatable bonds is 4. The number of hydrogen-bond donors (Lipinski definition) is 1. The van der Waals surface area contributed by atoms with Gasteiger partial charge in [0.25, 0.3) is 5.91 Å². The number of amides is 1. The van der Waals surface area contributed by atoms with Crippen molar-refractivity contribution in [3.8, 4) is 5.75 Å². The standard InChI is InChI=1S/C21H21F3N4O2/c1-30-19-9-17-14(12-28(27-17)16-5-3-2-4-6-16)8-18(19)26-20(29)13-7-15(11-25-10-13)21(22,23)24/h7-12,16H,2-6H2,1H3,(H,26,29). The highest BCUT2D eigenvalue weighted by Gasteiger charge is 2.31. The SMILES string of the molecule is COc1cc2nn(C3CCCCC3)cc2cc1NC(=O)c1cncc(C(F)(F)F)c1. The summed E-state index contributed by atoms with van der Waals surface area (Å²) in [5.41, 5.74) is -0.0806. The van der Waals surface area contributed by atoms with Gasteiger partial charge in [-0.2, -0.15) is 18.3 Å². The van der Waals surface area contributed by atoms with Crippen LogP contribution in [-0.4, -0.2) is 27.8 Å². The van der Waals surface area contributed by atoms with Crippen LogP contribution in [0.4, 0.5) is 18.9 Å². The third-order valence-electron chi connectivity index (χ3n) is 5.37. The highest BCUT2D eigenvalue weighted by atomic mass is 19.4. The highest BCUT2D eigenvalue weighted by molar-refractivity contribution is 6.06. The molecule has 2 heterocycles. The normalized spacial score (nSPS) is 15.3. The van der Waals surface area contributed by atoms with Crippen LogP contribution in [0.1, 0.15) is 54.1 Å². The fraction of sp³-hybridized carbons (Fsp3) is 0.381. The molecule has 30 heavy (non-hydrogen) atoms. The predicted octanol–water partition coefficient (Wildman–Crippen LogP) is 5.22. The van der Waals surface area contributed by atoms with Crippen LogP contribution in [0.2, 0.25) is 0 Å². The van der Waals surface area contributed by atoms with Gasteiger partial charge in [-0.05, 0) is 25.0 Å². The van der Waals surface area contributed by atoms with Gasteiger partial charge < -0.3 is 10.1 Å². The van der Waals surface area contributed by atoms with Crippen LogP contribution < -0.4 is 10.1 Å². The van der Waals surface area contributed by atoms with E-state index in [1.54, 1.807) is 12.1 Å². The summed E-state index contributed by atoms with van der Waals surface area (Å²) in [5.74, 6) is -0.324. The zero-order valence-electron chi connectivity index (χ0n) is 16.4. The molecule has 0 aliphatic heterocycles. The Hall–Kier alpha value is -3.10. The highest BCUT2D eigenvalue weighted by Crippen LogP contribution is 2.34. The van der Waals surface area contributed by atoms with Crippen LogP contribution in [-0.2, 0) is 6.18 Å². The average Bonchev–Trinajstić information content (AvgIpc) is 3.16. The molecule has 0 atom stereocenters. The number of anilines is 1. The van der Waals surface area contributed by atoms with Crippen molar-refractivity contribution in [2.75, 3.05) is 12.4 Å². The lowest BCUT2D eigenvalue weighted by Crippen LogP contribution is -2.15. The largest absolute Gasteiger partial charge is 0.494 e. The van der Waals surface area contributed by atoms with Crippen molar-refractivity contribution in [3.63, 3.8) is 0 Å². The van der Waals surface area contributed by atoms with E-state index in [1.807, 2.05) is 10.9 Å². The van der Waals surface area contributed by atoms with Crippen molar-refractivity contribution in [2.24, 2.45) is 0 Å². The number of alkyl halides is 3. The average molecular weight is 418 g/mol. The molecule has 1 N–H and O–H groups in total. The van der Waals surface area contributed by atoms with Gasteiger partial charge in [0.05, 0.1) is 35.5 Å². The summed E-state index contributed by atoms with van der Waals surface area (Å²) in [5, 5.41) is 8.10. The van der Waals surface area contributed by atoms with Crippen molar-refractivity contribution >= 4 is 22.5 Å². The molecule has 0 bridgehead atoms. The minimum absolute atomic E-state index is 0.190. The first-order chi connectivity index (χ1) is 14.3. The Morgan fingerprint density at radius 2 is 1.93 bits per heavy atom. The molecule has 3 aromatic rings. The zero-order chi connectivity index (χ0) is 21.3. The van der Waals surface area contributed by atoms with Gasteiger partial charge in [0.2, 0.25) is 0 Å². The molecule has 1 aliphatic carbocycles. The Balaban J connectivity index is 1.62. The van der Waals surface area contributed by atoms with Crippen LogP contribution in [0.5, 0.6) is 5.75 Å². The molecule has 0 radical (unpaired) electrons. The molecule has 1 fully saturated rings. The first kappa shape index (κ1) is 20.2. The lowest BCUT2D eigenvalue weighted by molar-refractivity contribution is -0.137. The van der Waals surface area contributed by atoms with Gasteiger partial charge >= 0.3 is 6.18 Å². The number of nitrogens with zero attached hydrogens (tertiary/aromatic N) is 3. The van der Waals surface area contributed by atoms with Gasteiger partial charge in [0.1, 0.15) is 5.75 Å². The number of halogens is 3. The predicted molar refractivity (Wildman–Crippen MR) is 106 cm³/mol. The second-order valence-electron chi connectivity index (χ2n) is 7.43. The summed E-state index contributed by atoms with van der Waals surface area (Å²) < 4.78 is 46.0. The van der Waals surface area contributed by atoms with Gasteiger partial charge in [0, 0.05) is 30.0 Å². The van der Waals surface area contributed by atoms with Crippen molar-refractivity contribution in [1.82, 2.24) is 14.8 Å². The number of nitrogens with one attached hydrogen (secondary N) is 1. The van der Waals surface area contributed by atoms with E-state index in [2.05, 4.69) is 15.4 Å². The quantitative estimate of drug-likeness (QED) is 0.631. The van der Waals surface area contributed by atoms with Crippen LogP contribution in [0, 0.1) is 0 Å². The molecule has 2 aromatic heterocycles. The number of fused-ring (bicyclic) bond motifs is 1. The molecular formula is C21H21F3N4O2. The number of aromatic nitrogens is 3. The van der Waals surface area contributed by atoms with Crippen molar-refractivity contribution in [1.29, 1.82) is 0 Å². The maximum atomic E-state index is 12.9. The van der Waals surface area contributed by atoms with E-state index in [-0.39, 0.29) is 5.56 Å². The summed E-state index contributed by atoms with van der Waals surface area (Å²) >= 11 is 0. The second-order valence-corrected chi connectivity index (χ2v) is 7.43. The molecule has 0 unspecified atom stereocenters. The van der Waals surface area contributed by atoms with E-state index in [1.165, 1.54) is 26.4 Å². The summed E-state index contributed by atoms with van der Waals surface area (Å²) in [6.07, 6.45) is 4.90. The smallest absolute Gasteiger partial charge is 0.417 e. The first-order valence-electron chi connectivity index (χ1n) is 9.75. The van der Waals surface area contributed by atoms with Gasteiger partial charge in [-0.3, -0.25) is 14.5 Å². The number of ether oxygens (including phenoxy) is 1. The second kappa shape index (κ2) is 7.97. The van der Waals surface area contributed by atoms with Gasteiger partial charge in [-0.1, -0.05) is 19.3 Å². The number of methoxy groups -OCH3 is 1. The Labute approximate surface area is 171 Å². The molecule has 6 nitrogen and oxygen atoms in total. The first-order valence-corrected chi connectivity index (χ1v) is 9.75. The zero-order valence-corrected chi connectivity index (χ0v) is 16.4. The summed E-state index contributed by atoms with van der Waals surface area (Å²) in [6.45, 7) is 0. The molecule has 4 rings (SSSR count). The molecule has 158 valence electrons. The lowest BCUT2D eigenvalue weighted by Gasteiger charge is -2.21. The molecular weight excluding hydrogens is 397 g/mol. The number of benzene rings is 1. The minimum Gasteiger partial charge on any atom is -0.494 e. The molecule has 1 saturated carbocycles. The maximum absolute atomic E-state index is 12.9. The molecule has 1 aliphatic rings. The van der Waals surface area contributed by atoms with Crippen molar-refractivity contribution in [3.05, 3.63) is 47.9 Å². The molecule has 0 spiro atoms. The van der Waals surface area contributed by atoms with Crippen LogP contribution in [0.3, 0.4) is 0 Å². The number of carbonyl (C=O) groups is 1. The third kappa shape index (κ3) is 4.10. The molecule has 0 saturated heterocycles. The fourth-order valence-electron chi connectivity index (χ4n) is 3.78. The Bertz CT molecular complexity index is 1070. The van der Waals surface area contributed by atoms with E-state index in [0.29, 0.717) is 23.7 Å². The summed E-state index contributed by atoms with van der Waals surface area (Å²) in [6, 6.07) is 4.56. The van der Waals surface area contributed by atoms with Gasteiger partial charge in [0.15, 0.2) is 0 Å². The molecule has 1 amide bonds. The van der Waals surface area contributed by atoms with Crippen molar-refractivity contribution < 1.29 is 22.7 Å². The summed E-state index contributed by atoms with van der Waals surface area (Å²) in [4.78, 5) is 16.1. The minimum atomic E-state index is -4.58. The lowest BCUT2D eigenvalue weighted by atomic mass is 9.96. The Morgan fingerprint density at radius 3 is 2.63 bits per heavy atom. The van der Waals surface area contributed by atoms with Crippen molar-refractivity contribution in [2.45, 2.75) is 44.3 Å². The Morgan fingerprint density at radius 1 is 1.17 bits per heavy atom. The molecule has 9 heteroatoms. The third-order valence-corrected chi connectivity index (χ3v) is 5.37. The Kier molecular flexibility index (Phi) is 5.36. The monoisotopic (exact) mass is 418 g/mol. The van der Waals surface area contributed by atoms with E-state index in [9.17, 15) is 18.0 Å². The van der Waals surface area contributed by atoms with Gasteiger partial charge in [-0.15, -0.1) is 0 Å². The number of hydrogen-bond acceptors (Lipinski definition) is 4. The van der Waals surface area contributed by atoms with E-state index in [4.69, 9.17) is 4.74 Å². The van der Waals surface area contributed by atoms with E-state index < -0.39 is 17.6 Å². The van der Waals surface area contributed by atoms with Crippen LogP contribution in [0.15, 0.2) is 36.8 Å². The maximum Gasteiger partial charge on any atom is 0.417 e. The number of carbonyl (C=O) groups excluding carboxylic acids is 1.